The number of hydrogen-bond donors (Lipinski definition) is 2. The summed E-state index contributed by atoms with van der Waals surface area (Å²) in [7, 11) is 0. The van der Waals surface area contributed by atoms with E-state index in [1.165, 1.54) is 12.1 Å². The molecule has 7 heteroatoms. The fourth-order valence-electron chi connectivity index (χ4n) is 2.28. The molecule has 2 unspecified atom stereocenters. The maximum Gasteiger partial charge on any atom is 0.308 e. The second-order valence-electron chi connectivity index (χ2n) is 4.46. The number of pyridine rings is 1. The highest BCUT2D eigenvalue weighted by atomic mass is 35.5. The number of aromatic nitrogens is 1. The Labute approximate surface area is 119 Å². The van der Waals surface area contributed by atoms with E-state index in [9.17, 15) is 9.59 Å². The van der Waals surface area contributed by atoms with Crippen LogP contribution >= 0.6 is 23.2 Å². The van der Waals surface area contributed by atoms with Crippen LogP contribution in [0.3, 0.4) is 0 Å². The fourth-order valence-corrected chi connectivity index (χ4v) is 2.74. The summed E-state index contributed by atoms with van der Waals surface area (Å²) < 4.78 is 0. The van der Waals surface area contributed by atoms with Gasteiger partial charge in [-0.15, -0.1) is 0 Å². The zero-order chi connectivity index (χ0) is 14.0. The lowest BCUT2D eigenvalue weighted by Gasteiger charge is -2.17. The number of halogens is 2. The Bertz CT molecular complexity index is 501. The average molecular weight is 303 g/mol. The fraction of sp³-hybridized carbons (Fsp3) is 0.417. The van der Waals surface area contributed by atoms with E-state index >= 15 is 0 Å². The molecule has 1 aromatic heterocycles. The highest BCUT2D eigenvalue weighted by Crippen LogP contribution is 2.26. The first-order valence-corrected chi connectivity index (χ1v) is 6.59. The monoisotopic (exact) mass is 302 g/mol. The molecule has 0 saturated heterocycles. The predicted octanol–water partition coefficient (Wildman–Crippen LogP) is 2.37. The van der Waals surface area contributed by atoms with Gasteiger partial charge in [0.25, 0.3) is 5.91 Å². The van der Waals surface area contributed by atoms with Gasteiger partial charge < -0.3 is 10.4 Å². The van der Waals surface area contributed by atoms with Gasteiger partial charge in [-0.1, -0.05) is 29.6 Å². The standard InChI is InChI=1S/C12H12Cl2N2O3/c13-9-4-6(5-10(14)16-9)11(17)15-8-3-1-2-7(8)12(18)19/h4-5,7-8H,1-3H2,(H,15,17)(H,18,19). The SMILES string of the molecule is O=C(NC1CCCC1C(=O)O)c1cc(Cl)nc(Cl)c1. The van der Waals surface area contributed by atoms with E-state index in [0.29, 0.717) is 12.8 Å². The quantitative estimate of drug-likeness (QED) is 0.840. The van der Waals surface area contributed by atoms with Gasteiger partial charge in [-0.25, -0.2) is 4.98 Å². The number of carboxylic acids is 1. The molecule has 0 radical (unpaired) electrons. The highest BCUT2D eigenvalue weighted by molar-refractivity contribution is 6.33. The van der Waals surface area contributed by atoms with Crippen LogP contribution in [0.2, 0.25) is 10.3 Å². The second-order valence-corrected chi connectivity index (χ2v) is 5.23. The van der Waals surface area contributed by atoms with Gasteiger partial charge in [-0.05, 0) is 25.0 Å². The Hall–Kier alpha value is -1.33. The van der Waals surface area contributed by atoms with Crippen molar-refractivity contribution >= 4 is 35.1 Å². The molecule has 0 spiro atoms. The molecule has 0 aliphatic heterocycles. The minimum absolute atomic E-state index is 0.124. The van der Waals surface area contributed by atoms with Crippen molar-refractivity contribution in [3.8, 4) is 0 Å². The third kappa shape index (κ3) is 3.36. The number of rotatable bonds is 3. The van der Waals surface area contributed by atoms with Gasteiger partial charge in [0.2, 0.25) is 0 Å². The number of hydrogen-bond acceptors (Lipinski definition) is 3. The van der Waals surface area contributed by atoms with Gasteiger partial charge in [0.15, 0.2) is 0 Å². The molecule has 0 bridgehead atoms. The number of nitrogens with one attached hydrogen (secondary N) is 1. The van der Waals surface area contributed by atoms with Crippen LogP contribution in [-0.2, 0) is 4.79 Å². The van der Waals surface area contributed by atoms with Crippen molar-refractivity contribution in [1.82, 2.24) is 10.3 Å². The minimum atomic E-state index is -0.881. The largest absolute Gasteiger partial charge is 0.481 e. The smallest absolute Gasteiger partial charge is 0.308 e. The Balaban J connectivity index is 2.10. The molecule has 5 nitrogen and oxygen atoms in total. The number of aliphatic carboxylic acids is 1. The Morgan fingerprint density at radius 2 is 1.89 bits per heavy atom. The van der Waals surface area contributed by atoms with Crippen molar-refractivity contribution in [2.45, 2.75) is 25.3 Å². The maximum atomic E-state index is 12.0. The van der Waals surface area contributed by atoms with Crippen molar-refractivity contribution < 1.29 is 14.7 Å². The van der Waals surface area contributed by atoms with E-state index < -0.39 is 11.9 Å². The zero-order valence-electron chi connectivity index (χ0n) is 9.90. The van der Waals surface area contributed by atoms with Crippen molar-refractivity contribution in [2.75, 3.05) is 0 Å². The average Bonchev–Trinajstić information content (AvgIpc) is 2.75. The third-order valence-corrected chi connectivity index (χ3v) is 3.56. The second kappa shape index (κ2) is 5.75. The number of carbonyl (C=O) groups excluding carboxylic acids is 1. The zero-order valence-corrected chi connectivity index (χ0v) is 11.4. The molecule has 19 heavy (non-hydrogen) atoms. The van der Waals surface area contributed by atoms with E-state index in [2.05, 4.69) is 10.3 Å². The van der Waals surface area contributed by atoms with Crippen molar-refractivity contribution in [3.63, 3.8) is 0 Å². The number of amides is 1. The van der Waals surface area contributed by atoms with E-state index in [-0.39, 0.29) is 27.8 Å². The van der Waals surface area contributed by atoms with Crippen LogP contribution in [-0.4, -0.2) is 28.0 Å². The number of nitrogens with zero attached hydrogens (tertiary/aromatic N) is 1. The summed E-state index contributed by atoms with van der Waals surface area (Å²) in [6.07, 6.45) is 2.03. The first-order chi connectivity index (χ1) is 8.97. The molecular formula is C12H12Cl2N2O3. The van der Waals surface area contributed by atoms with Gasteiger partial charge in [0, 0.05) is 11.6 Å². The summed E-state index contributed by atoms with van der Waals surface area (Å²) in [5.41, 5.74) is 0.279. The highest BCUT2D eigenvalue weighted by Gasteiger charge is 2.34. The molecule has 2 N–H and O–H groups in total. The van der Waals surface area contributed by atoms with Crippen LogP contribution in [0.4, 0.5) is 0 Å². The Kier molecular flexibility index (Phi) is 4.27. The predicted molar refractivity (Wildman–Crippen MR) is 70.5 cm³/mol. The molecule has 1 fully saturated rings. The molecule has 2 atom stereocenters. The van der Waals surface area contributed by atoms with Gasteiger partial charge in [-0.3, -0.25) is 9.59 Å². The molecular weight excluding hydrogens is 291 g/mol. The summed E-state index contributed by atoms with van der Waals surface area (Å²) >= 11 is 11.4. The lowest BCUT2D eigenvalue weighted by atomic mass is 10.0. The summed E-state index contributed by atoms with van der Waals surface area (Å²) in [4.78, 5) is 26.8. The lowest BCUT2D eigenvalue weighted by molar-refractivity contribution is -0.142. The Morgan fingerprint density at radius 1 is 1.26 bits per heavy atom. The molecule has 1 aliphatic rings. The molecule has 1 heterocycles. The van der Waals surface area contributed by atoms with Crippen molar-refractivity contribution in [1.29, 1.82) is 0 Å². The maximum absolute atomic E-state index is 12.0. The topological polar surface area (TPSA) is 79.3 Å². The molecule has 1 aromatic rings. The van der Waals surface area contributed by atoms with Gasteiger partial charge in [0.1, 0.15) is 10.3 Å². The van der Waals surface area contributed by atoms with E-state index in [1.54, 1.807) is 0 Å². The summed E-state index contributed by atoms with van der Waals surface area (Å²) in [5.74, 6) is -1.80. The van der Waals surface area contributed by atoms with E-state index in [4.69, 9.17) is 28.3 Å². The van der Waals surface area contributed by atoms with Crippen LogP contribution in [0, 0.1) is 5.92 Å². The molecule has 1 aliphatic carbocycles. The molecule has 1 amide bonds. The normalized spacial score (nSPS) is 22.2. The van der Waals surface area contributed by atoms with Crippen LogP contribution in [0.25, 0.3) is 0 Å². The first kappa shape index (κ1) is 14.1. The van der Waals surface area contributed by atoms with E-state index in [1.807, 2.05) is 0 Å². The van der Waals surface area contributed by atoms with Crippen LogP contribution in [0.5, 0.6) is 0 Å². The van der Waals surface area contributed by atoms with Crippen LogP contribution in [0.1, 0.15) is 29.6 Å². The van der Waals surface area contributed by atoms with Crippen LogP contribution < -0.4 is 5.32 Å². The molecule has 102 valence electrons. The van der Waals surface area contributed by atoms with Crippen LogP contribution in [0.15, 0.2) is 12.1 Å². The van der Waals surface area contributed by atoms with Gasteiger partial charge in [-0.2, -0.15) is 0 Å². The molecule has 1 saturated carbocycles. The third-order valence-electron chi connectivity index (χ3n) is 3.17. The van der Waals surface area contributed by atoms with Gasteiger partial charge >= 0.3 is 5.97 Å². The van der Waals surface area contributed by atoms with Gasteiger partial charge in [0.05, 0.1) is 5.92 Å². The lowest BCUT2D eigenvalue weighted by Crippen LogP contribution is -2.40. The summed E-state index contributed by atoms with van der Waals surface area (Å²) in [6.45, 7) is 0. The number of carbonyl (C=O) groups is 2. The number of carboxylic acid groups (broad SMARTS) is 1. The minimum Gasteiger partial charge on any atom is -0.481 e. The van der Waals surface area contributed by atoms with E-state index in [0.717, 1.165) is 6.42 Å². The summed E-state index contributed by atoms with van der Waals surface area (Å²) in [6, 6.07) is 2.44. The van der Waals surface area contributed by atoms with Crippen molar-refractivity contribution in [3.05, 3.63) is 28.0 Å². The molecule has 0 aromatic carbocycles. The van der Waals surface area contributed by atoms with Crippen molar-refractivity contribution in [2.24, 2.45) is 5.92 Å². The molecule has 2 rings (SSSR count). The summed E-state index contributed by atoms with van der Waals surface area (Å²) in [5, 5.41) is 12.0. The Morgan fingerprint density at radius 3 is 2.47 bits per heavy atom. The first-order valence-electron chi connectivity index (χ1n) is 5.84.